The lowest BCUT2D eigenvalue weighted by atomic mass is 9.92. The number of benzene rings is 2. The normalized spacial score (nSPS) is 19.5. The Hall–Kier alpha value is -3.48. The number of nitrogens with one attached hydrogen (secondary N) is 3. The fourth-order valence-electron chi connectivity index (χ4n) is 5.37. The molecule has 2 aliphatic rings. The standard InChI is InChI=1S/C32H42ClN5O4/c1-32(2,3)42-31(40)36-17-16-35-24-14-18-38(19-15-24)26-9-4-22(5-10-26)30(39)37-25-7-12-27(13-8-25)41-28-11-6-23(21-34)29(33)20-28/h4-6,9-11,20,24-25,27,35H,7-8,12-19H2,1-3H3,(H,36,40)(H,37,39). The lowest BCUT2D eigenvalue weighted by molar-refractivity contribution is 0.0527. The molecular formula is C32H42ClN5O4. The van der Waals surface area contributed by atoms with E-state index >= 15 is 0 Å². The molecular weight excluding hydrogens is 554 g/mol. The minimum absolute atomic E-state index is 0.0484. The number of alkyl carbamates (subject to hydrolysis) is 1. The molecule has 1 aliphatic heterocycles. The summed E-state index contributed by atoms with van der Waals surface area (Å²) in [5.41, 5.74) is 1.73. The Morgan fingerprint density at radius 3 is 2.29 bits per heavy atom. The first kappa shape index (κ1) is 31.5. The number of amides is 2. The third-order valence-electron chi connectivity index (χ3n) is 7.59. The van der Waals surface area contributed by atoms with Gasteiger partial charge in [-0.15, -0.1) is 0 Å². The largest absolute Gasteiger partial charge is 0.490 e. The van der Waals surface area contributed by atoms with Crippen molar-refractivity contribution in [1.29, 1.82) is 5.26 Å². The van der Waals surface area contributed by atoms with Crippen LogP contribution in [0, 0.1) is 11.3 Å². The highest BCUT2D eigenvalue weighted by molar-refractivity contribution is 6.31. The molecule has 1 aliphatic carbocycles. The van der Waals surface area contributed by atoms with Crippen LogP contribution in [0.3, 0.4) is 0 Å². The van der Waals surface area contributed by atoms with E-state index in [1.54, 1.807) is 18.2 Å². The summed E-state index contributed by atoms with van der Waals surface area (Å²) in [6, 6.07) is 15.6. The Kier molecular flexibility index (Phi) is 10.9. The van der Waals surface area contributed by atoms with Crippen molar-refractivity contribution < 1.29 is 19.1 Å². The van der Waals surface area contributed by atoms with E-state index in [9.17, 15) is 9.59 Å². The van der Waals surface area contributed by atoms with Gasteiger partial charge in [-0.25, -0.2) is 4.79 Å². The number of hydrogen-bond acceptors (Lipinski definition) is 7. The van der Waals surface area contributed by atoms with Gasteiger partial charge in [0.05, 0.1) is 16.7 Å². The molecule has 3 N–H and O–H groups in total. The van der Waals surface area contributed by atoms with Crippen molar-refractivity contribution in [2.45, 2.75) is 83.1 Å². The fourth-order valence-corrected chi connectivity index (χ4v) is 5.58. The maximum absolute atomic E-state index is 12.9. The quantitative estimate of drug-likeness (QED) is 0.332. The minimum Gasteiger partial charge on any atom is -0.490 e. The van der Waals surface area contributed by atoms with Crippen LogP contribution in [-0.2, 0) is 4.74 Å². The van der Waals surface area contributed by atoms with E-state index in [-0.39, 0.29) is 24.1 Å². The number of halogens is 1. The number of nitriles is 1. The number of nitrogens with zero attached hydrogens (tertiary/aromatic N) is 2. The summed E-state index contributed by atoms with van der Waals surface area (Å²) < 4.78 is 11.3. The smallest absolute Gasteiger partial charge is 0.407 e. The fraction of sp³-hybridized carbons (Fsp3) is 0.531. The number of carbonyl (C=O) groups is 2. The monoisotopic (exact) mass is 595 g/mol. The summed E-state index contributed by atoms with van der Waals surface area (Å²) in [5.74, 6) is 0.618. The van der Waals surface area contributed by atoms with Crippen LogP contribution in [0.1, 0.15) is 75.2 Å². The van der Waals surface area contributed by atoms with Gasteiger partial charge in [-0.2, -0.15) is 5.26 Å². The van der Waals surface area contributed by atoms with Crippen molar-refractivity contribution in [2.75, 3.05) is 31.1 Å². The Bertz CT molecular complexity index is 1240. The van der Waals surface area contributed by atoms with Gasteiger partial charge in [0, 0.05) is 55.6 Å². The molecule has 10 heteroatoms. The first-order chi connectivity index (χ1) is 20.1. The van der Waals surface area contributed by atoms with Gasteiger partial charge in [0.2, 0.25) is 0 Å². The second-order valence-electron chi connectivity index (χ2n) is 12.0. The molecule has 1 saturated heterocycles. The van der Waals surface area contributed by atoms with Crippen molar-refractivity contribution in [3.63, 3.8) is 0 Å². The van der Waals surface area contributed by atoms with Gasteiger partial charge in [0.15, 0.2) is 0 Å². The van der Waals surface area contributed by atoms with Crippen LogP contribution in [0.25, 0.3) is 0 Å². The van der Waals surface area contributed by atoms with Crippen LogP contribution >= 0.6 is 11.6 Å². The van der Waals surface area contributed by atoms with Gasteiger partial charge in [-0.1, -0.05) is 11.6 Å². The number of anilines is 1. The number of piperidine rings is 1. The third-order valence-corrected chi connectivity index (χ3v) is 7.90. The Labute approximate surface area is 253 Å². The molecule has 9 nitrogen and oxygen atoms in total. The molecule has 226 valence electrons. The second kappa shape index (κ2) is 14.6. The van der Waals surface area contributed by atoms with Gasteiger partial charge in [-0.3, -0.25) is 4.79 Å². The Morgan fingerprint density at radius 2 is 1.67 bits per heavy atom. The summed E-state index contributed by atoms with van der Waals surface area (Å²) in [6.07, 6.45) is 5.07. The molecule has 0 radical (unpaired) electrons. The van der Waals surface area contributed by atoms with Crippen LogP contribution in [0.4, 0.5) is 10.5 Å². The van der Waals surface area contributed by atoms with Crippen molar-refractivity contribution in [1.82, 2.24) is 16.0 Å². The highest BCUT2D eigenvalue weighted by Crippen LogP contribution is 2.28. The zero-order valence-electron chi connectivity index (χ0n) is 24.7. The van der Waals surface area contributed by atoms with Gasteiger partial charge in [0.25, 0.3) is 5.91 Å². The zero-order valence-corrected chi connectivity index (χ0v) is 25.5. The molecule has 2 fully saturated rings. The van der Waals surface area contributed by atoms with E-state index in [4.69, 9.17) is 26.3 Å². The van der Waals surface area contributed by atoms with E-state index in [0.29, 0.717) is 41.0 Å². The van der Waals surface area contributed by atoms with E-state index in [1.807, 2.05) is 45.0 Å². The lowest BCUT2D eigenvalue weighted by Crippen LogP contribution is -2.45. The van der Waals surface area contributed by atoms with Crippen LogP contribution in [0.2, 0.25) is 5.02 Å². The number of ether oxygens (including phenoxy) is 2. The number of hydrogen-bond donors (Lipinski definition) is 3. The molecule has 1 heterocycles. The predicted octanol–water partition coefficient (Wildman–Crippen LogP) is 5.41. The maximum Gasteiger partial charge on any atom is 0.407 e. The molecule has 0 atom stereocenters. The topological polar surface area (TPSA) is 116 Å². The zero-order chi connectivity index (χ0) is 30.1. The first-order valence-electron chi connectivity index (χ1n) is 14.8. The van der Waals surface area contributed by atoms with Crippen molar-refractivity contribution in [3.8, 4) is 11.8 Å². The highest BCUT2D eigenvalue weighted by Gasteiger charge is 2.25. The van der Waals surface area contributed by atoms with Gasteiger partial charge in [0.1, 0.15) is 17.4 Å². The lowest BCUT2D eigenvalue weighted by Gasteiger charge is -2.34. The second-order valence-corrected chi connectivity index (χ2v) is 12.4. The van der Waals surface area contributed by atoms with Gasteiger partial charge < -0.3 is 30.3 Å². The summed E-state index contributed by atoms with van der Waals surface area (Å²) in [5, 5.41) is 18.9. The number of carbonyl (C=O) groups excluding carboxylic acids is 2. The summed E-state index contributed by atoms with van der Waals surface area (Å²) in [6.45, 7) is 8.65. The SMILES string of the molecule is CC(C)(C)OC(=O)NCCNC1CCN(c2ccc(C(=O)NC3CCC(Oc4ccc(C#N)c(Cl)c4)CC3)cc2)CC1. The van der Waals surface area contributed by atoms with E-state index in [2.05, 4.69) is 26.9 Å². The molecule has 2 aromatic carbocycles. The van der Waals surface area contributed by atoms with E-state index < -0.39 is 5.60 Å². The molecule has 1 saturated carbocycles. The average Bonchev–Trinajstić information content (AvgIpc) is 2.96. The van der Waals surface area contributed by atoms with E-state index in [1.165, 1.54) is 0 Å². The number of rotatable bonds is 9. The molecule has 2 amide bonds. The molecule has 0 bridgehead atoms. The van der Waals surface area contributed by atoms with Crippen molar-refractivity contribution >= 4 is 29.3 Å². The molecule has 0 spiro atoms. The molecule has 4 rings (SSSR count). The molecule has 0 aromatic heterocycles. The van der Waals surface area contributed by atoms with Gasteiger partial charge in [-0.05, 0) is 95.7 Å². The average molecular weight is 596 g/mol. The Balaban J connectivity index is 1.13. The van der Waals surface area contributed by atoms with Crippen LogP contribution < -0.4 is 25.6 Å². The molecule has 2 aromatic rings. The first-order valence-corrected chi connectivity index (χ1v) is 15.2. The van der Waals surface area contributed by atoms with Crippen molar-refractivity contribution in [2.24, 2.45) is 0 Å². The molecule has 0 unspecified atom stereocenters. The van der Waals surface area contributed by atoms with Crippen LogP contribution in [0.5, 0.6) is 5.75 Å². The molecule has 42 heavy (non-hydrogen) atoms. The van der Waals surface area contributed by atoms with Gasteiger partial charge >= 0.3 is 6.09 Å². The van der Waals surface area contributed by atoms with Crippen molar-refractivity contribution in [3.05, 3.63) is 58.6 Å². The summed E-state index contributed by atoms with van der Waals surface area (Å²) >= 11 is 6.12. The minimum atomic E-state index is -0.493. The van der Waals surface area contributed by atoms with E-state index in [0.717, 1.165) is 57.3 Å². The summed E-state index contributed by atoms with van der Waals surface area (Å²) in [7, 11) is 0. The summed E-state index contributed by atoms with van der Waals surface area (Å²) in [4.78, 5) is 27.0. The Morgan fingerprint density at radius 1 is 0.976 bits per heavy atom. The highest BCUT2D eigenvalue weighted by atomic mass is 35.5. The van der Waals surface area contributed by atoms with Crippen LogP contribution in [-0.4, -0.2) is 62.0 Å². The predicted molar refractivity (Wildman–Crippen MR) is 164 cm³/mol. The third kappa shape index (κ3) is 9.53. The van der Waals surface area contributed by atoms with Crippen LogP contribution in [0.15, 0.2) is 42.5 Å². The maximum atomic E-state index is 12.9.